The number of hydrogen-bond donors (Lipinski definition) is 2. The number of pyridine rings is 2. The highest BCUT2D eigenvalue weighted by molar-refractivity contribution is 5.92. The number of aromatic nitrogens is 2. The molecule has 26 heavy (non-hydrogen) atoms. The molecule has 1 spiro atoms. The molecule has 5 rings (SSSR count). The Labute approximate surface area is 148 Å². The summed E-state index contributed by atoms with van der Waals surface area (Å²) < 4.78 is 16.5. The molecular weight excluding hydrogens is 339 g/mol. The van der Waals surface area contributed by atoms with Gasteiger partial charge >= 0.3 is 5.97 Å². The van der Waals surface area contributed by atoms with E-state index >= 15 is 0 Å². The summed E-state index contributed by atoms with van der Waals surface area (Å²) in [5.41, 5.74) is 5.60. The smallest absolute Gasteiger partial charge is 0.341 e. The fraction of sp³-hybridized carbons (Fsp3) is 0.500. The first-order chi connectivity index (χ1) is 12.4. The zero-order chi connectivity index (χ0) is 18.2. The number of carboxylic acids is 1. The third-order valence-corrected chi connectivity index (χ3v) is 6.01. The average molecular weight is 358 g/mol. The largest absolute Gasteiger partial charge is 0.477 e. The van der Waals surface area contributed by atoms with Gasteiger partial charge in [0.2, 0.25) is 5.43 Å². The van der Waals surface area contributed by atoms with Crippen molar-refractivity contribution < 1.29 is 14.3 Å². The Balaban J connectivity index is 1.69. The van der Waals surface area contributed by atoms with E-state index in [0.717, 1.165) is 31.7 Å². The fourth-order valence-electron chi connectivity index (χ4n) is 4.09. The molecule has 3 fully saturated rings. The molecule has 3 heterocycles. The molecule has 2 saturated carbocycles. The maximum atomic E-state index is 14.8. The number of carboxylic acid groups (broad SMARTS) is 1. The van der Waals surface area contributed by atoms with Crippen LogP contribution in [0.3, 0.4) is 0 Å². The van der Waals surface area contributed by atoms with Crippen LogP contribution in [0.4, 0.5) is 10.2 Å². The third kappa shape index (κ3) is 2.18. The van der Waals surface area contributed by atoms with E-state index in [0.29, 0.717) is 18.7 Å². The lowest BCUT2D eigenvalue weighted by atomic mass is 10.0. The van der Waals surface area contributed by atoms with E-state index in [1.807, 2.05) is 4.90 Å². The minimum absolute atomic E-state index is 0.000548. The molecule has 0 amide bonds. The van der Waals surface area contributed by atoms with Crippen LogP contribution < -0.4 is 16.1 Å². The van der Waals surface area contributed by atoms with Crippen LogP contribution in [0.2, 0.25) is 0 Å². The highest BCUT2D eigenvalue weighted by Gasteiger charge is 2.54. The van der Waals surface area contributed by atoms with Crippen LogP contribution in [-0.2, 0) is 0 Å². The molecule has 1 atom stereocenters. The maximum Gasteiger partial charge on any atom is 0.341 e. The van der Waals surface area contributed by atoms with Crippen molar-refractivity contribution in [1.82, 2.24) is 9.55 Å². The number of anilines is 1. The van der Waals surface area contributed by atoms with E-state index < -0.39 is 17.2 Å². The number of hydrogen-bond acceptors (Lipinski definition) is 5. The van der Waals surface area contributed by atoms with Crippen molar-refractivity contribution in [1.29, 1.82) is 0 Å². The van der Waals surface area contributed by atoms with Crippen molar-refractivity contribution in [2.75, 3.05) is 18.0 Å². The van der Waals surface area contributed by atoms with Gasteiger partial charge in [0.1, 0.15) is 11.2 Å². The Morgan fingerprint density at radius 1 is 1.38 bits per heavy atom. The van der Waals surface area contributed by atoms with E-state index in [9.17, 15) is 19.1 Å². The second-order valence-electron chi connectivity index (χ2n) is 7.83. The number of nitrogens with zero attached hydrogens (tertiary/aromatic N) is 3. The molecule has 8 heteroatoms. The number of nitrogens with two attached hydrogens (primary N) is 1. The monoisotopic (exact) mass is 358 g/mol. The lowest BCUT2D eigenvalue weighted by molar-refractivity contribution is 0.0695. The van der Waals surface area contributed by atoms with Gasteiger partial charge in [-0.15, -0.1) is 0 Å². The van der Waals surface area contributed by atoms with Gasteiger partial charge in [0.25, 0.3) is 0 Å². The predicted octanol–water partition coefficient (Wildman–Crippen LogP) is 1.50. The lowest BCUT2D eigenvalue weighted by Crippen LogP contribution is -2.30. The summed E-state index contributed by atoms with van der Waals surface area (Å²) in [5, 5.41) is 9.31. The first-order valence-corrected chi connectivity index (χ1v) is 8.89. The summed E-state index contributed by atoms with van der Waals surface area (Å²) in [7, 11) is 0. The summed E-state index contributed by atoms with van der Waals surface area (Å²) in [6, 6.07) is 1.24. The van der Waals surface area contributed by atoms with Crippen LogP contribution in [0.15, 0.2) is 17.1 Å². The second-order valence-corrected chi connectivity index (χ2v) is 7.83. The van der Waals surface area contributed by atoms with Crippen molar-refractivity contribution in [3.8, 4) is 0 Å². The Kier molecular flexibility index (Phi) is 3.05. The van der Waals surface area contributed by atoms with Crippen molar-refractivity contribution >= 4 is 22.8 Å². The zero-order valence-corrected chi connectivity index (χ0v) is 14.1. The molecule has 3 aliphatic rings. The molecule has 1 unspecified atom stereocenters. The van der Waals surface area contributed by atoms with Gasteiger partial charge in [0.15, 0.2) is 11.6 Å². The molecule has 2 aromatic heterocycles. The van der Waals surface area contributed by atoms with E-state index in [2.05, 4.69) is 4.98 Å². The predicted molar refractivity (Wildman–Crippen MR) is 93.0 cm³/mol. The molecule has 1 saturated heterocycles. The number of rotatable bonds is 3. The standard InChI is InChI=1S/C18H19FN4O3/c19-12-5-10-14(24)11(17(25)26)6-23(9-1-2-9)15(10)21-16(12)22-7-13(20)18(8-22)3-4-18/h5-6,9,13H,1-4,7-8,20H2,(H,25,26). The summed E-state index contributed by atoms with van der Waals surface area (Å²) in [4.78, 5) is 30.2. The van der Waals surface area contributed by atoms with Crippen LogP contribution in [0.25, 0.3) is 11.0 Å². The van der Waals surface area contributed by atoms with Gasteiger partial charge in [-0.05, 0) is 31.7 Å². The van der Waals surface area contributed by atoms with Gasteiger partial charge in [0, 0.05) is 36.8 Å². The van der Waals surface area contributed by atoms with Gasteiger partial charge in [0.05, 0.1) is 5.39 Å². The molecule has 136 valence electrons. The van der Waals surface area contributed by atoms with E-state index in [4.69, 9.17) is 5.73 Å². The second kappa shape index (κ2) is 5.03. The molecule has 1 aliphatic heterocycles. The topological polar surface area (TPSA) is 101 Å². The molecule has 2 aromatic rings. The molecule has 0 bridgehead atoms. The molecule has 7 nitrogen and oxygen atoms in total. The van der Waals surface area contributed by atoms with Gasteiger partial charge in [-0.3, -0.25) is 4.79 Å². The van der Waals surface area contributed by atoms with E-state index in [1.165, 1.54) is 6.20 Å². The Hall–Kier alpha value is -2.48. The highest BCUT2D eigenvalue weighted by Crippen LogP contribution is 2.52. The molecule has 0 aromatic carbocycles. The lowest BCUT2D eigenvalue weighted by Gasteiger charge is -2.20. The van der Waals surface area contributed by atoms with E-state index in [-0.39, 0.29) is 34.3 Å². The minimum atomic E-state index is -1.31. The summed E-state index contributed by atoms with van der Waals surface area (Å²) in [5.74, 6) is -1.71. The van der Waals surface area contributed by atoms with Crippen molar-refractivity contribution in [2.24, 2.45) is 11.1 Å². The summed E-state index contributed by atoms with van der Waals surface area (Å²) in [6.07, 6.45) is 5.23. The van der Waals surface area contributed by atoms with Crippen molar-refractivity contribution in [3.63, 3.8) is 0 Å². The first kappa shape index (κ1) is 15.7. The van der Waals surface area contributed by atoms with Crippen molar-refractivity contribution in [2.45, 2.75) is 37.8 Å². The quantitative estimate of drug-likeness (QED) is 0.862. The van der Waals surface area contributed by atoms with Crippen LogP contribution in [0.5, 0.6) is 0 Å². The molecule has 0 radical (unpaired) electrons. The van der Waals surface area contributed by atoms with Crippen LogP contribution in [0, 0.1) is 11.2 Å². The summed E-state index contributed by atoms with van der Waals surface area (Å²) >= 11 is 0. The van der Waals surface area contributed by atoms with Crippen LogP contribution in [-0.4, -0.2) is 39.8 Å². The van der Waals surface area contributed by atoms with Crippen LogP contribution in [0.1, 0.15) is 42.1 Å². The Morgan fingerprint density at radius 3 is 2.69 bits per heavy atom. The van der Waals surface area contributed by atoms with Crippen molar-refractivity contribution in [3.05, 3.63) is 33.9 Å². The number of aromatic carboxylic acids is 1. The number of halogens is 1. The Bertz CT molecular complexity index is 1010. The number of carbonyl (C=O) groups is 1. The molecule has 2 aliphatic carbocycles. The highest BCUT2D eigenvalue weighted by atomic mass is 19.1. The first-order valence-electron chi connectivity index (χ1n) is 8.89. The van der Waals surface area contributed by atoms with E-state index in [1.54, 1.807) is 4.57 Å². The maximum absolute atomic E-state index is 14.8. The van der Waals surface area contributed by atoms with Gasteiger partial charge in [-0.2, -0.15) is 0 Å². The third-order valence-electron chi connectivity index (χ3n) is 6.01. The van der Waals surface area contributed by atoms with Gasteiger partial charge in [-0.25, -0.2) is 14.2 Å². The molecule has 3 N–H and O–H groups in total. The summed E-state index contributed by atoms with van der Waals surface area (Å²) in [6.45, 7) is 1.21. The Morgan fingerprint density at radius 2 is 2.12 bits per heavy atom. The average Bonchev–Trinajstić information content (AvgIpc) is 3.48. The fourth-order valence-corrected chi connectivity index (χ4v) is 4.09. The SMILES string of the molecule is NC1CN(c2nc3c(cc2F)c(=O)c(C(=O)O)cn3C2CC2)CC12CC2. The molecular formula is C18H19FN4O3. The number of fused-ring (bicyclic) bond motifs is 1. The van der Waals surface area contributed by atoms with Crippen LogP contribution >= 0.6 is 0 Å². The van der Waals surface area contributed by atoms with Gasteiger partial charge in [-0.1, -0.05) is 0 Å². The van der Waals surface area contributed by atoms with Gasteiger partial charge < -0.3 is 20.3 Å². The minimum Gasteiger partial charge on any atom is -0.477 e. The zero-order valence-electron chi connectivity index (χ0n) is 14.1. The normalized spacial score (nSPS) is 23.8.